The number of rotatable bonds is 6. The molecule has 5 rings (SSSR count). The highest BCUT2D eigenvalue weighted by Crippen LogP contribution is 2.38. The van der Waals surface area contributed by atoms with Gasteiger partial charge >= 0.3 is 6.03 Å². The third-order valence-electron chi connectivity index (χ3n) is 5.97. The van der Waals surface area contributed by atoms with E-state index in [1.807, 2.05) is 36.6 Å². The van der Waals surface area contributed by atoms with Gasteiger partial charge in [-0.1, -0.05) is 54.5 Å². The molecular weight excluding hydrogens is 451 g/mol. The fourth-order valence-corrected chi connectivity index (χ4v) is 4.70. The van der Waals surface area contributed by atoms with Crippen molar-refractivity contribution in [2.24, 2.45) is 0 Å². The van der Waals surface area contributed by atoms with Crippen LogP contribution in [0, 0.1) is 5.82 Å². The lowest BCUT2D eigenvalue weighted by Gasteiger charge is -2.35. The second-order valence-electron chi connectivity index (χ2n) is 8.09. The number of amides is 2. The van der Waals surface area contributed by atoms with Gasteiger partial charge in [0.15, 0.2) is 0 Å². The summed E-state index contributed by atoms with van der Waals surface area (Å²) >= 11 is 1.52. The van der Waals surface area contributed by atoms with Crippen molar-refractivity contribution in [3.63, 3.8) is 0 Å². The minimum atomic E-state index is -0.552. The number of hydrogen-bond donors (Lipinski definition) is 1. The maximum absolute atomic E-state index is 13.6. The molecule has 34 heavy (non-hydrogen) atoms. The summed E-state index contributed by atoms with van der Waals surface area (Å²) in [5, 5.41) is 9.15. The lowest BCUT2D eigenvalue weighted by molar-refractivity contribution is 0.203. The molecule has 0 aliphatic carbocycles. The van der Waals surface area contributed by atoms with Crippen molar-refractivity contribution < 1.29 is 13.7 Å². The van der Waals surface area contributed by atoms with Gasteiger partial charge in [0, 0.05) is 5.70 Å². The Morgan fingerprint density at radius 1 is 1.09 bits per heavy atom. The number of halogens is 1. The van der Waals surface area contributed by atoms with Gasteiger partial charge < -0.3 is 9.84 Å². The van der Waals surface area contributed by atoms with Crippen molar-refractivity contribution in [3.8, 4) is 10.7 Å². The van der Waals surface area contributed by atoms with E-state index in [0.717, 1.165) is 22.4 Å². The maximum atomic E-state index is 13.6. The molecule has 0 radical (unpaired) electrons. The Kier molecular flexibility index (Phi) is 5.98. The Bertz CT molecular complexity index is 1330. The van der Waals surface area contributed by atoms with Gasteiger partial charge in [-0.2, -0.15) is 4.98 Å². The van der Waals surface area contributed by atoms with E-state index in [2.05, 4.69) is 34.5 Å². The van der Waals surface area contributed by atoms with Crippen molar-refractivity contribution in [3.05, 3.63) is 100 Å². The van der Waals surface area contributed by atoms with Crippen LogP contribution in [0.1, 0.15) is 42.5 Å². The second kappa shape index (κ2) is 9.23. The van der Waals surface area contributed by atoms with Crippen molar-refractivity contribution in [2.75, 3.05) is 0 Å². The van der Waals surface area contributed by atoms with E-state index in [-0.39, 0.29) is 11.8 Å². The Morgan fingerprint density at radius 2 is 1.82 bits per heavy atom. The molecule has 1 aliphatic rings. The largest absolute Gasteiger partial charge is 0.334 e. The van der Waals surface area contributed by atoms with E-state index in [1.165, 1.54) is 29.0 Å². The minimum absolute atomic E-state index is 0.242. The lowest BCUT2D eigenvalue weighted by Crippen LogP contribution is -2.45. The Hall–Kier alpha value is -3.78. The molecule has 0 spiro atoms. The number of aryl methyl sites for hydroxylation is 1. The molecule has 3 heterocycles. The van der Waals surface area contributed by atoms with Crippen LogP contribution in [0.4, 0.5) is 9.18 Å². The van der Waals surface area contributed by atoms with Crippen LogP contribution in [0.5, 0.6) is 0 Å². The number of thiophene rings is 1. The summed E-state index contributed by atoms with van der Waals surface area (Å²) in [5.41, 5.74) is 4.37. The molecule has 0 bridgehead atoms. The van der Waals surface area contributed by atoms with Gasteiger partial charge in [0.25, 0.3) is 5.89 Å². The normalized spacial score (nSPS) is 16.1. The zero-order chi connectivity index (χ0) is 23.7. The van der Waals surface area contributed by atoms with Crippen molar-refractivity contribution in [1.29, 1.82) is 0 Å². The number of nitrogens with zero attached hydrogens (tertiary/aromatic N) is 3. The Labute approximate surface area is 200 Å². The number of allylic oxidation sites excluding steroid dienone is 1. The summed E-state index contributed by atoms with van der Waals surface area (Å²) in [4.78, 5) is 20.4. The number of benzene rings is 2. The summed E-state index contributed by atoms with van der Waals surface area (Å²) in [6.07, 6.45) is 0.955. The quantitative estimate of drug-likeness (QED) is 0.361. The highest BCUT2D eigenvalue weighted by atomic mass is 32.1. The van der Waals surface area contributed by atoms with Gasteiger partial charge in [0.2, 0.25) is 5.82 Å². The zero-order valence-electron chi connectivity index (χ0n) is 18.8. The predicted octanol–water partition coefficient (Wildman–Crippen LogP) is 6.20. The second-order valence-corrected chi connectivity index (χ2v) is 9.04. The third kappa shape index (κ3) is 4.24. The average molecular weight is 475 g/mol. The summed E-state index contributed by atoms with van der Waals surface area (Å²) in [6.45, 7) is 4.38. The molecule has 1 unspecified atom stereocenters. The number of carbonyl (C=O) groups is 1. The molecule has 1 atom stereocenters. The summed E-state index contributed by atoms with van der Waals surface area (Å²) in [6, 6.07) is 17.3. The monoisotopic (exact) mass is 474 g/mol. The van der Waals surface area contributed by atoms with Crippen LogP contribution in [0.2, 0.25) is 0 Å². The van der Waals surface area contributed by atoms with E-state index in [4.69, 9.17) is 4.52 Å². The minimum Gasteiger partial charge on any atom is -0.334 e. The van der Waals surface area contributed by atoms with Crippen LogP contribution in [-0.2, 0) is 13.0 Å². The lowest BCUT2D eigenvalue weighted by atomic mass is 9.94. The van der Waals surface area contributed by atoms with Gasteiger partial charge in [-0.15, -0.1) is 11.3 Å². The van der Waals surface area contributed by atoms with E-state index in [9.17, 15) is 9.18 Å². The van der Waals surface area contributed by atoms with Crippen LogP contribution in [-0.4, -0.2) is 21.1 Å². The standard InChI is InChI=1S/C26H23FN4O2S/c1-3-17-6-8-18(9-7-17)15-31-16(2)22(25-29-24(30-33-25)21-5-4-14-34-21)23(28-26(31)32)19-10-12-20(27)13-11-19/h4-14,23H,3,15H2,1-2H3,(H,28,32). The molecule has 1 N–H and O–H groups in total. The summed E-state index contributed by atoms with van der Waals surface area (Å²) in [5.74, 6) is 0.464. The maximum Gasteiger partial charge on any atom is 0.322 e. The molecule has 6 nitrogen and oxygen atoms in total. The number of nitrogens with one attached hydrogen (secondary N) is 1. The molecule has 0 saturated carbocycles. The Balaban J connectivity index is 1.57. The molecule has 0 saturated heterocycles. The van der Waals surface area contributed by atoms with E-state index < -0.39 is 6.04 Å². The van der Waals surface area contributed by atoms with Gasteiger partial charge in [0.1, 0.15) is 5.82 Å². The number of hydrogen-bond acceptors (Lipinski definition) is 5. The first-order valence-corrected chi connectivity index (χ1v) is 11.9. The fraction of sp³-hybridized carbons (Fsp3) is 0.192. The van der Waals surface area contributed by atoms with Crippen molar-refractivity contribution in [1.82, 2.24) is 20.4 Å². The van der Waals surface area contributed by atoms with Crippen molar-refractivity contribution in [2.45, 2.75) is 32.9 Å². The van der Waals surface area contributed by atoms with Crippen LogP contribution in [0.15, 0.2) is 76.3 Å². The van der Waals surface area contributed by atoms with E-state index in [0.29, 0.717) is 29.5 Å². The molecule has 4 aromatic rings. The molecule has 172 valence electrons. The average Bonchev–Trinajstić information content (AvgIpc) is 3.55. The summed E-state index contributed by atoms with van der Waals surface area (Å²) in [7, 11) is 0. The van der Waals surface area contributed by atoms with E-state index in [1.54, 1.807) is 17.0 Å². The molecule has 2 aromatic carbocycles. The first-order chi connectivity index (χ1) is 16.5. The predicted molar refractivity (Wildman–Crippen MR) is 129 cm³/mol. The summed E-state index contributed by atoms with van der Waals surface area (Å²) < 4.78 is 19.3. The van der Waals surface area contributed by atoms with Gasteiger partial charge in [-0.05, 0) is 53.6 Å². The van der Waals surface area contributed by atoms with Crippen LogP contribution >= 0.6 is 11.3 Å². The molecular formula is C26H23FN4O2S. The van der Waals surface area contributed by atoms with Crippen molar-refractivity contribution >= 4 is 22.9 Å². The number of carbonyl (C=O) groups excluding carboxylic acids is 1. The number of aromatic nitrogens is 2. The molecule has 2 amide bonds. The molecule has 0 fully saturated rings. The molecule has 2 aromatic heterocycles. The topological polar surface area (TPSA) is 71.3 Å². The van der Waals surface area contributed by atoms with Crippen LogP contribution in [0.25, 0.3) is 16.3 Å². The van der Waals surface area contributed by atoms with Gasteiger partial charge in [-0.3, -0.25) is 4.90 Å². The van der Waals surface area contributed by atoms with Gasteiger partial charge in [0.05, 0.1) is 23.0 Å². The highest BCUT2D eigenvalue weighted by Gasteiger charge is 2.35. The molecule has 1 aliphatic heterocycles. The molecule has 8 heteroatoms. The van der Waals surface area contributed by atoms with E-state index >= 15 is 0 Å². The fourth-order valence-electron chi connectivity index (χ4n) is 4.06. The zero-order valence-corrected chi connectivity index (χ0v) is 19.6. The highest BCUT2D eigenvalue weighted by molar-refractivity contribution is 7.13. The SMILES string of the molecule is CCc1ccc(CN2C(=O)NC(c3ccc(F)cc3)C(c3nc(-c4cccs4)no3)=C2C)cc1. The Morgan fingerprint density at radius 3 is 2.50 bits per heavy atom. The van der Waals surface area contributed by atoms with Crippen LogP contribution in [0.3, 0.4) is 0 Å². The van der Waals surface area contributed by atoms with Gasteiger partial charge in [-0.25, -0.2) is 9.18 Å². The third-order valence-corrected chi connectivity index (χ3v) is 6.84. The first kappa shape index (κ1) is 22.0. The van der Waals surface area contributed by atoms with Crippen LogP contribution < -0.4 is 5.32 Å². The smallest absolute Gasteiger partial charge is 0.322 e. The first-order valence-electron chi connectivity index (χ1n) is 11.0. The number of urea groups is 1.